The number of benzene rings is 4. The molecule has 0 aliphatic heterocycles. The number of unbranched alkanes of at least 4 members (excludes halogenated alkanes) is 36. The van der Waals surface area contributed by atoms with Crippen LogP contribution >= 0.6 is 0 Å². The maximum Gasteiger partial charge on any atom is 0.416 e. The van der Waals surface area contributed by atoms with Gasteiger partial charge in [0.2, 0.25) is 0 Å². The first kappa shape index (κ1) is 95.4. The highest BCUT2D eigenvalue weighted by molar-refractivity contribution is 7.20. The number of hydrogen-bond acceptors (Lipinski definition) is 0. The Labute approximate surface area is 613 Å². The lowest BCUT2D eigenvalue weighted by molar-refractivity contribution is -0.929. The molecule has 0 radical (unpaired) electrons. The standard InChI is InChI=1S/C48H100N.C32H12BF24/c1-5-9-13-17-21-25-29-33-37-41-45-49(46-42-38-34-30-26-22-18-14-10-6-2,47-43-39-35-31-27-23-19-15-11-7-3)48-44-40-36-32-28-24-20-16-12-8-4;34-25(35,36)13-1-14(26(37,38)39)6-21(5-13)33(22-7-15(27(40,41)42)2-16(8-22)28(43,44)45,23-9-17(29(46,47)48)3-18(10-23)30(49,50)51)24-11-19(31(52,53)54)4-20(12-24)32(55,56)57/h5-48H2,1-4H3;1-12H/q+1;-1. The predicted molar refractivity (Wildman–Crippen MR) is 377 cm³/mol. The van der Waals surface area contributed by atoms with Crippen LogP contribution in [0.1, 0.15) is 329 Å². The summed E-state index contributed by atoms with van der Waals surface area (Å²) in [6.45, 7) is 15.3. The molecule has 0 unspecified atom stereocenters. The van der Waals surface area contributed by atoms with Gasteiger partial charge in [0.1, 0.15) is 6.15 Å². The normalized spacial score (nSPS) is 13.2. The maximum absolute atomic E-state index is 14.2. The van der Waals surface area contributed by atoms with E-state index in [-0.39, 0.29) is 0 Å². The molecule has 0 aliphatic rings. The number of hydrogen-bond donors (Lipinski definition) is 0. The van der Waals surface area contributed by atoms with Crippen LogP contribution in [0.15, 0.2) is 72.8 Å². The molecule has 0 aliphatic carbocycles. The first-order valence-electron chi connectivity index (χ1n) is 38.7. The van der Waals surface area contributed by atoms with E-state index in [1.807, 2.05) is 0 Å². The fourth-order valence-corrected chi connectivity index (χ4v) is 14.5. The third-order valence-corrected chi connectivity index (χ3v) is 20.4. The molecule has 0 fully saturated rings. The second-order valence-electron chi connectivity index (χ2n) is 29.2. The maximum atomic E-state index is 14.2. The van der Waals surface area contributed by atoms with Crippen LogP contribution in [0.5, 0.6) is 0 Å². The first-order valence-corrected chi connectivity index (χ1v) is 38.7. The Bertz CT molecular complexity index is 2520. The van der Waals surface area contributed by atoms with E-state index < -0.39 is 195 Å². The molecule has 0 amide bonds. The van der Waals surface area contributed by atoms with Crippen LogP contribution in [-0.4, -0.2) is 36.8 Å². The van der Waals surface area contributed by atoms with Gasteiger partial charge in [-0.2, -0.15) is 127 Å². The summed E-state index contributed by atoms with van der Waals surface area (Å²) in [7, 11) is 0. The summed E-state index contributed by atoms with van der Waals surface area (Å²) in [6, 6.07) is -8.81. The number of quaternary nitrogens is 1. The van der Waals surface area contributed by atoms with Crippen molar-refractivity contribution in [3.8, 4) is 0 Å². The second-order valence-corrected chi connectivity index (χ2v) is 29.2. The largest absolute Gasteiger partial charge is 0.416 e. The van der Waals surface area contributed by atoms with Gasteiger partial charge in [-0.1, -0.05) is 282 Å². The van der Waals surface area contributed by atoms with E-state index in [1.54, 1.807) is 0 Å². The Morgan fingerprint density at radius 3 is 0.406 bits per heavy atom. The van der Waals surface area contributed by atoms with Gasteiger partial charge in [-0.15, -0.1) is 0 Å². The molecule has 1 nitrogen and oxygen atoms in total. The van der Waals surface area contributed by atoms with Gasteiger partial charge in [-0.05, 0) is 75.6 Å². The van der Waals surface area contributed by atoms with Gasteiger partial charge < -0.3 is 4.48 Å². The summed E-state index contributed by atoms with van der Waals surface area (Å²) < 4.78 is 342. The predicted octanol–water partition coefficient (Wildman–Crippen LogP) is 28.7. The van der Waals surface area contributed by atoms with Crippen LogP contribution in [-0.2, 0) is 49.4 Å². The Morgan fingerprint density at radius 2 is 0.292 bits per heavy atom. The summed E-state index contributed by atoms with van der Waals surface area (Å²) in [5, 5.41) is 0. The van der Waals surface area contributed by atoms with E-state index in [2.05, 4.69) is 27.7 Å². The molecular formula is C80H112BF24N. The van der Waals surface area contributed by atoms with E-state index in [9.17, 15) is 105 Å². The highest BCUT2D eigenvalue weighted by Gasteiger charge is 2.47. The molecular weight excluding hydrogens is 1440 g/mol. The van der Waals surface area contributed by atoms with Crippen LogP contribution in [0, 0.1) is 0 Å². The Hall–Kier alpha value is -4.78. The van der Waals surface area contributed by atoms with E-state index in [1.165, 1.54) is 287 Å². The Balaban J connectivity index is 0.000000558. The van der Waals surface area contributed by atoms with Crippen molar-refractivity contribution in [1.29, 1.82) is 0 Å². The van der Waals surface area contributed by atoms with Gasteiger partial charge >= 0.3 is 49.4 Å². The number of nitrogens with zero attached hydrogens (tertiary/aromatic N) is 1. The van der Waals surface area contributed by atoms with Crippen LogP contribution in [0.4, 0.5) is 105 Å². The lowest BCUT2D eigenvalue weighted by Crippen LogP contribution is -2.75. The van der Waals surface area contributed by atoms with Gasteiger partial charge in [0.05, 0.1) is 70.7 Å². The Morgan fingerprint density at radius 1 is 0.179 bits per heavy atom. The molecule has 0 bridgehead atoms. The molecule has 0 spiro atoms. The van der Waals surface area contributed by atoms with E-state index >= 15 is 0 Å². The average Bonchev–Trinajstić information content (AvgIpc) is 0.708. The van der Waals surface area contributed by atoms with Crippen LogP contribution in [0.3, 0.4) is 0 Å². The van der Waals surface area contributed by atoms with Gasteiger partial charge in [0, 0.05) is 0 Å². The molecule has 0 heterocycles. The van der Waals surface area contributed by atoms with Gasteiger partial charge in [-0.25, -0.2) is 0 Å². The summed E-state index contributed by atoms with van der Waals surface area (Å²) in [4.78, 5) is 0. The number of rotatable bonds is 48. The topological polar surface area (TPSA) is 0 Å². The number of halogens is 24. The van der Waals surface area contributed by atoms with Gasteiger partial charge in [0.25, 0.3) is 0 Å². The van der Waals surface area contributed by atoms with Crippen molar-refractivity contribution in [3.63, 3.8) is 0 Å². The molecule has 0 N–H and O–H groups in total. The first-order chi connectivity index (χ1) is 49.5. The summed E-state index contributed by atoms with van der Waals surface area (Å²) in [6.07, 6.45) is 3.91. The van der Waals surface area contributed by atoms with Crippen molar-refractivity contribution >= 4 is 28.0 Å². The molecule has 106 heavy (non-hydrogen) atoms. The van der Waals surface area contributed by atoms with Crippen molar-refractivity contribution in [3.05, 3.63) is 117 Å². The molecule has 4 rings (SSSR count). The minimum atomic E-state index is -6.13. The smallest absolute Gasteiger partial charge is 0.324 e. The monoisotopic (exact) mass is 1550 g/mol. The van der Waals surface area contributed by atoms with Crippen LogP contribution < -0.4 is 21.9 Å². The molecule has 4 aromatic rings. The van der Waals surface area contributed by atoms with Crippen molar-refractivity contribution in [2.24, 2.45) is 0 Å². The van der Waals surface area contributed by atoms with Crippen molar-refractivity contribution in [1.82, 2.24) is 0 Å². The minimum absolute atomic E-state index is 0.691. The quantitative estimate of drug-likeness (QED) is 0.0179. The Kier molecular flexibility index (Phi) is 41.0. The molecule has 0 atom stereocenters. The molecule has 608 valence electrons. The molecule has 0 aromatic heterocycles. The van der Waals surface area contributed by atoms with Crippen molar-refractivity contribution < 1.29 is 110 Å². The highest BCUT2D eigenvalue weighted by Crippen LogP contribution is 2.42. The van der Waals surface area contributed by atoms with Crippen molar-refractivity contribution in [2.45, 2.75) is 334 Å². The SMILES string of the molecule is CCCCCCCCCCCC[N+](CCCCCCCCCCCC)(CCCCCCCCCCCC)CCCCCCCCCCCC.FC(F)(F)c1cc([B-](c2cc(C(F)(F)F)cc(C(F)(F)F)c2)(c2cc(C(F)(F)F)cc(C(F)(F)F)c2)c2cc(C(F)(F)F)cc(C(F)(F)F)c2)cc(C(F)(F)F)c1. The van der Waals surface area contributed by atoms with E-state index in [0.717, 1.165) is 0 Å². The molecule has 26 heteroatoms. The summed E-state index contributed by atoms with van der Waals surface area (Å²) >= 11 is 0. The molecule has 0 saturated carbocycles. The van der Waals surface area contributed by atoms with Gasteiger partial charge in [-0.3, -0.25) is 0 Å². The van der Waals surface area contributed by atoms with E-state index in [4.69, 9.17) is 0 Å². The van der Waals surface area contributed by atoms with Crippen LogP contribution in [0.2, 0.25) is 0 Å². The highest BCUT2D eigenvalue weighted by atomic mass is 19.4. The molecule has 0 saturated heterocycles. The number of alkyl halides is 24. The average molecular weight is 1550 g/mol. The zero-order valence-electron chi connectivity index (χ0n) is 62.1. The third-order valence-electron chi connectivity index (χ3n) is 20.4. The zero-order chi connectivity index (χ0) is 79.5. The second kappa shape index (κ2) is 45.5. The molecule has 4 aromatic carbocycles. The fraction of sp³-hybridized carbons (Fsp3) is 0.700. The minimum Gasteiger partial charge on any atom is -0.324 e. The lowest BCUT2D eigenvalue weighted by Gasteiger charge is -2.46. The van der Waals surface area contributed by atoms with E-state index in [0.29, 0.717) is 0 Å². The fourth-order valence-electron chi connectivity index (χ4n) is 14.5. The van der Waals surface area contributed by atoms with Gasteiger partial charge in [0.15, 0.2) is 0 Å². The lowest BCUT2D eigenvalue weighted by atomic mass is 9.12. The van der Waals surface area contributed by atoms with Crippen molar-refractivity contribution in [2.75, 3.05) is 26.2 Å². The van der Waals surface area contributed by atoms with Crippen LogP contribution in [0.25, 0.3) is 0 Å². The third kappa shape index (κ3) is 34.2. The summed E-state index contributed by atoms with van der Waals surface area (Å²) in [5.74, 6) is 0. The summed E-state index contributed by atoms with van der Waals surface area (Å²) in [5.41, 5.74) is -30.2. The zero-order valence-corrected chi connectivity index (χ0v) is 62.1.